The van der Waals surface area contributed by atoms with Gasteiger partial charge in [-0.1, -0.05) is 30.3 Å². The van der Waals surface area contributed by atoms with Crippen molar-refractivity contribution >= 4 is 11.7 Å². The van der Waals surface area contributed by atoms with Crippen molar-refractivity contribution in [1.82, 2.24) is 0 Å². The van der Waals surface area contributed by atoms with Gasteiger partial charge in [-0.15, -0.1) is 0 Å². The molecule has 162 valence electrons. The van der Waals surface area contributed by atoms with Gasteiger partial charge in [-0.2, -0.15) is 5.26 Å². The van der Waals surface area contributed by atoms with Gasteiger partial charge in [-0.25, -0.2) is 4.39 Å². The summed E-state index contributed by atoms with van der Waals surface area (Å²) in [5.74, 6) is -1.41. The van der Waals surface area contributed by atoms with Crippen molar-refractivity contribution in [1.29, 1.82) is 5.26 Å². The Kier molecular flexibility index (Phi) is 7.55. The number of ether oxygens (including phenoxy) is 2. The first-order chi connectivity index (χ1) is 15.5. The molecule has 1 atom stereocenters. The molecule has 0 fully saturated rings. The Morgan fingerprint density at radius 3 is 2.34 bits per heavy atom. The van der Waals surface area contributed by atoms with E-state index in [9.17, 15) is 9.18 Å². The van der Waals surface area contributed by atoms with Gasteiger partial charge in [-0.3, -0.25) is 10.2 Å². The molecule has 7 heteroatoms. The van der Waals surface area contributed by atoms with E-state index >= 15 is 0 Å². The minimum atomic E-state index is -1.04. The molecule has 0 saturated heterocycles. The van der Waals surface area contributed by atoms with E-state index in [0.717, 1.165) is 5.56 Å². The van der Waals surface area contributed by atoms with Crippen molar-refractivity contribution < 1.29 is 29.2 Å². The molecule has 0 aromatic heterocycles. The van der Waals surface area contributed by atoms with Crippen LogP contribution in [0.25, 0.3) is 0 Å². The number of carboxylic acid groups (broad SMARTS) is 1. The number of halogens is 1. The van der Waals surface area contributed by atoms with Crippen molar-refractivity contribution in [2.75, 3.05) is 6.61 Å². The lowest BCUT2D eigenvalue weighted by atomic mass is 9.97. The average molecular weight is 433 g/mol. The molecule has 3 rings (SSSR count). The van der Waals surface area contributed by atoms with E-state index in [1.54, 1.807) is 36.4 Å². The van der Waals surface area contributed by atoms with Crippen LogP contribution in [0.1, 0.15) is 29.0 Å². The Hall–Kier alpha value is -4.18. The van der Waals surface area contributed by atoms with Crippen molar-refractivity contribution in [3.63, 3.8) is 0 Å². The number of aliphatic carboxylic acids is 1. The second-order valence-electron chi connectivity index (χ2n) is 7.07. The molecule has 3 N–H and O–H groups in total. The van der Waals surface area contributed by atoms with E-state index in [4.69, 9.17) is 25.3 Å². The summed E-state index contributed by atoms with van der Waals surface area (Å²) in [6, 6.07) is 22.4. The molecule has 32 heavy (non-hydrogen) atoms. The molecule has 0 aliphatic heterocycles. The van der Waals surface area contributed by atoms with Gasteiger partial charge < -0.3 is 14.6 Å². The molecule has 0 heterocycles. The monoisotopic (exact) mass is 433 g/mol. The van der Waals surface area contributed by atoms with Gasteiger partial charge in [0.15, 0.2) is 6.61 Å². The van der Waals surface area contributed by atoms with E-state index in [-0.39, 0.29) is 19.6 Å². The number of carboxylic acids is 1. The third-order valence-electron chi connectivity index (χ3n) is 4.77. The maximum Gasteiger partial charge on any atom is 0.305 e. The van der Waals surface area contributed by atoms with Gasteiger partial charge in [0, 0.05) is 17.2 Å². The van der Waals surface area contributed by atoms with Gasteiger partial charge in [0.2, 0.25) is 5.71 Å². The SMILES string of the molecule is N#CC(CC(=O)O)c1ccc(OCc2ccc(OCC(=[NH2+])c3ccccc3)cc2F)cc1. The predicted octanol–water partition coefficient (Wildman–Crippen LogP) is 3.11. The van der Waals surface area contributed by atoms with Crippen LogP contribution in [0.4, 0.5) is 4.39 Å². The summed E-state index contributed by atoms with van der Waals surface area (Å²) in [6.07, 6.45) is -0.273. The fraction of sp³-hybridized carbons (Fsp3) is 0.160. The largest absolute Gasteiger partial charge is 0.489 e. The first-order valence-electron chi connectivity index (χ1n) is 9.88. The van der Waals surface area contributed by atoms with E-state index in [1.807, 2.05) is 36.4 Å². The number of hydrogen-bond acceptors (Lipinski definition) is 4. The number of nitrogens with zero attached hydrogens (tertiary/aromatic N) is 1. The smallest absolute Gasteiger partial charge is 0.305 e. The molecule has 6 nitrogen and oxygen atoms in total. The van der Waals surface area contributed by atoms with Crippen LogP contribution >= 0.6 is 0 Å². The maximum absolute atomic E-state index is 14.4. The van der Waals surface area contributed by atoms with Crippen molar-refractivity contribution in [3.8, 4) is 17.6 Å². The van der Waals surface area contributed by atoms with E-state index in [0.29, 0.717) is 28.3 Å². The Labute approximate surface area is 185 Å². The summed E-state index contributed by atoms with van der Waals surface area (Å²) in [4.78, 5) is 10.8. The number of nitrogens with two attached hydrogens (primary N) is 1. The molecule has 0 spiro atoms. The van der Waals surface area contributed by atoms with Crippen LogP contribution in [0.15, 0.2) is 72.8 Å². The highest BCUT2D eigenvalue weighted by Gasteiger charge is 2.15. The molecule has 0 aliphatic carbocycles. The zero-order chi connectivity index (χ0) is 22.9. The quantitative estimate of drug-likeness (QED) is 0.478. The molecule has 0 amide bonds. The number of benzene rings is 3. The summed E-state index contributed by atoms with van der Waals surface area (Å²) in [5.41, 5.74) is 2.33. The molecule has 3 aromatic carbocycles. The normalized spacial score (nSPS) is 11.2. The zero-order valence-electron chi connectivity index (χ0n) is 17.2. The summed E-state index contributed by atoms with van der Waals surface area (Å²) in [5, 5.41) is 24.0. The van der Waals surface area contributed by atoms with Crippen molar-refractivity contribution in [2.45, 2.75) is 18.9 Å². The molecular weight excluding hydrogens is 411 g/mol. The number of hydrogen-bond donors (Lipinski definition) is 2. The van der Waals surface area contributed by atoms with E-state index in [1.165, 1.54) is 6.07 Å². The summed E-state index contributed by atoms with van der Waals surface area (Å²) in [7, 11) is 0. The van der Waals surface area contributed by atoms with Crippen LogP contribution in [0.2, 0.25) is 0 Å². The molecular formula is C25H22FN2O4+. The molecule has 3 aromatic rings. The third kappa shape index (κ3) is 6.16. The Morgan fingerprint density at radius 1 is 1.03 bits per heavy atom. The van der Waals surface area contributed by atoms with Gasteiger partial charge in [-0.05, 0) is 42.0 Å². The lowest BCUT2D eigenvalue weighted by molar-refractivity contribution is -0.137. The minimum Gasteiger partial charge on any atom is -0.489 e. The topological polar surface area (TPSA) is 105 Å². The molecule has 0 aliphatic rings. The number of carbonyl (C=O) groups is 1. The zero-order valence-corrected chi connectivity index (χ0v) is 17.2. The second kappa shape index (κ2) is 10.7. The second-order valence-corrected chi connectivity index (χ2v) is 7.07. The Bertz CT molecular complexity index is 1120. The summed E-state index contributed by atoms with van der Waals surface area (Å²) >= 11 is 0. The van der Waals surface area contributed by atoms with Gasteiger partial charge in [0.1, 0.15) is 23.9 Å². The molecule has 0 bridgehead atoms. The number of rotatable bonds is 10. The third-order valence-corrected chi connectivity index (χ3v) is 4.77. The maximum atomic E-state index is 14.4. The Balaban J connectivity index is 1.55. The van der Waals surface area contributed by atoms with Crippen LogP contribution in [0.5, 0.6) is 11.5 Å². The van der Waals surface area contributed by atoms with Crippen LogP contribution in [-0.4, -0.2) is 23.4 Å². The van der Waals surface area contributed by atoms with Gasteiger partial charge in [0.05, 0.1) is 18.4 Å². The lowest BCUT2D eigenvalue weighted by Crippen LogP contribution is -2.43. The summed E-state index contributed by atoms with van der Waals surface area (Å²) in [6.45, 7) is 0.137. The molecule has 1 unspecified atom stereocenters. The van der Waals surface area contributed by atoms with Crippen LogP contribution < -0.4 is 14.9 Å². The highest BCUT2D eigenvalue weighted by molar-refractivity contribution is 5.96. The minimum absolute atomic E-state index is 0.000539. The highest BCUT2D eigenvalue weighted by atomic mass is 19.1. The summed E-state index contributed by atoms with van der Waals surface area (Å²) < 4.78 is 25.6. The number of nitriles is 1. The van der Waals surface area contributed by atoms with Crippen LogP contribution in [-0.2, 0) is 11.4 Å². The molecule has 0 radical (unpaired) electrons. The fourth-order valence-electron chi connectivity index (χ4n) is 3.00. The van der Waals surface area contributed by atoms with Crippen molar-refractivity contribution in [2.24, 2.45) is 0 Å². The fourth-order valence-corrected chi connectivity index (χ4v) is 3.00. The average Bonchev–Trinajstić information content (AvgIpc) is 2.81. The predicted molar refractivity (Wildman–Crippen MR) is 116 cm³/mol. The standard InChI is InChI=1S/C25H21FN2O4/c26-23-13-22(32-16-24(28)18-4-2-1-3-5-18)11-8-19(23)15-31-21-9-6-17(7-10-21)20(14-27)12-25(29)30/h1-11,13,20,28H,12,15-16H2,(H,29,30)/p+1. The first-order valence-corrected chi connectivity index (χ1v) is 9.88. The first kappa shape index (κ1) is 22.5. The van der Waals surface area contributed by atoms with E-state index < -0.39 is 17.7 Å². The highest BCUT2D eigenvalue weighted by Crippen LogP contribution is 2.23. The van der Waals surface area contributed by atoms with Gasteiger partial charge in [0.25, 0.3) is 0 Å². The van der Waals surface area contributed by atoms with E-state index in [2.05, 4.69) is 0 Å². The van der Waals surface area contributed by atoms with Gasteiger partial charge >= 0.3 is 5.97 Å². The Morgan fingerprint density at radius 2 is 1.72 bits per heavy atom. The lowest BCUT2D eigenvalue weighted by Gasteiger charge is -2.11. The molecule has 0 saturated carbocycles. The van der Waals surface area contributed by atoms with Crippen molar-refractivity contribution in [3.05, 3.63) is 95.3 Å². The van der Waals surface area contributed by atoms with Crippen LogP contribution in [0, 0.1) is 17.1 Å². The van der Waals surface area contributed by atoms with Crippen LogP contribution in [0.3, 0.4) is 0 Å².